The predicted octanol–water partition coefficient (Wildman–Crippen LogP) is 4.08. The van der Waals surface area contributed by atoms with E-state index in [1.165, 1.54) is 4.90 Å². The zero-order valence-corrected chi connectivity index (χ0v) is 13.3. The standard InChI is InChI=1S/C18H23NO.ClH/c1-15-9-7-8-12-17(15)18(20-14-13-19(2)3)16-10-5-4-6-11-16;/h4-12,18H,13-14H2,1-3H3;1H/i2D3;. The van der Waals surface area contributed by atoms with E-state index in [-0.39, 0.29) is 18.5 Å². The first-order valence-corrected chi connectivity index (χ1v) is 6.83. The van der Waals surface area contributed by atoms with Gasteiger partial charge in [-0.3, -0.25) is 0 Å². The third-order valence-electron chi connectivity index (χ3n) is 3.28. The number of hydrogen-bond acceptors (Lipinski definition) is 2. The molecule has 0 aromatic heterocycles. The van der Waals surface area contributed by atoms with Crippen LogP contribution >= 0.6 is 12.4 Å². The van der Waals surface area contributed by atoms with Crippen LogP contribution in [0.2, 0.25) is 0 Å². The van der Waals surface area contributed by atoms with Gasteiger partial charge in [-0.1, -0.05) is 54.6 Å². The molecule has 0 radical (unpaired) electrons. The van der Waals surface area contributed by atoms with Crippen molar-refractivity contribution in [3.63, 3.8) is 0 Å². The number of nitrogens with zero attached hydrogens (tertiary/aromatic N) is 1. The van der Waals surface area contributed by atoms with Gasteiger partial charge in [-0.05, 0) is 37.6 Å². The summed E-state index contributed by atoms with van der Waals surface area (Å²) in [5.74, 6) is 0. The van der Waals surface area contributed by atoms with Crippen LogP contribution in [0.4, 0.5) is 0 Å². The lowest BCUT2D eigenvalue weighted by Gasteiger charge is -2.22. The molecule has 2 rings (SSSR count). The molecule has 0 aliphatic carbocycles. The summed E-state index contributed by atoms with van der Waals surface area (Å²) < 4.78 is 28.2. The van der Waals surface area contributed by atoms with Crippen molar-refractivity contribution in [1.29, 1.82) is 0 Å². The third-order valence-corrected chi connectivity index (χ3v) is 3.28. The minimum Gasteiger partial charge on any atom is -0.367 e. The van der Waals surface area contributed by atoms with Gasteiger partial charge in [-0.15, -0.1) is 12.4 Å². The van der Waals surface area contributed by atoms with Gasteiger partial charge in [0.1, 0.15) is 6.10 Å². The normalized spacial score (nSPS) is 14.7. The zero-order chi connectivity index (χ0) is 16.9. The second kappa shape index (κ2) is 8.83. The van der Waals surface area contributed by atoms with Gasteiger partial charge < -0.3 is 9.64 Å². The number of rotatable bonds is 6. The van der Waals surface area contributed by atoms with Crippen LogP contribution in [0.5, 0.6) is 0 Å². The molecule has 0 spiro atoms. The first-order valence-electron chi connectivity index (χ1n) is 8.33. The van der Waals surface area contributed by atoms with Crippen molar-refractivity contribution in [2.24, 2.45) is 0 Å². The first-order chi connectivity index (χ1) is 10.9. The second-order valence-corrected chi connectivity index (χ2v) is 4.94. The van der Waals surface area contributed by atoms with Gasteiger partial charge in [0.05, 0.1) is 6.61 Å². The van der Waals surface area contributed by atoms with Crippen LogP contribution in [0.1, 0.15) is 26.9 Å². The lowest BCUT2D eigenvalue weighted by atomic mass is 9.97. The van der Waals surface area contributed by atoms with Crippen LogP contribution in [0, 0.1) is 6.92 Å². The number of ether oxygens (including phenoxy) is 1. The molecule has 21 heavy (non-hydrogen) atoms. The molecule has 1 atom stereocenters. The molecule has 0 heterocycles. The Kier molecular flexibility index (Phi) is 5.60. The van der Waals surface area contributed by atoms with Gasteiger partial charge in [-0.2, -0.15) is 0 Å². The van der Waals surface area contributed by atoms with Gasteiger partial charge >= 0.3 is 0 Å². The summed E-state index contributed by atoms with van der Waals surface area (Å²) in [7, 11) is 1.58. The Morgan fingerprint density at radius 2 is 1.76 bits per heavy atom. The van der Waals surface area contributed by atoms with Crippen LogP contribution in [-0.2, 0) is 4.74 Å². The molecule has 0 aliphatic rings. The average molecular weight is 309 g/mol. The molecule has 1 unspecified atom stereocenters. The van der Waals surface area contributed by atoms with E-state index in [4.69, 9.17) is 8.85 Å². The molecule has 2 aromatic carbocycles. The van der Waals surface area contributed by atoms with Crippen LogP contribution in [0.3, 0.4) is 0 Å². The largest absolute Gasteiger partial charge is 0.367 e. The molecule has 114 valence electrons. The maximum Gasteiger partial charge on any atom is 0.108 e. The Hall–Kier alpha value is -1.35. The van der Waals surface area contributed by atoms with E-state index in [0.29, 0.717) is 13.2 Å². The first kappa shape index (κ1) is 13.3. The van der Waals surface area contributed by atoms with Crippen LogP contribution in [0.15, 0.2) is 54.6 Å². The van der Waals surface area contributed by atoms with E-state index in [2.05, 4.69) is 19.1 Å². The molecule has 0 saturated heterocycles. The smallest absolute Gasteiger partial charge is 0.108 e. The van der Waals surface area contributed by atoms with Crippen molar-refractivity contribution in [1.82, 2.24) is 4.90 Å². The summed E-state index contributed by atoms with van der Waals surface area (Å²) in [4.78, 5) is 1.33. The molecular weight excluding hydrogens is 282 g/mol. The Labute approximate surface area is 138 Å². The van der Waals surface area contributed by atoms with Crippen molar-refractivity contribution in [2.45, 2.75) is 13.0 Å². The highest BCUT2D eigenvalue weighted by molar-refractivity contribution is 5.85. The van der Waals surface area contributed by atoms with Gasteiger partial charge in [0.2, 0.25) is 0 Å². The molecule has 3 heteroatoms. The minimum absolute atomic E-state index is 0. The Morgan fingerprint density at radius 1 is 1.10 bits per heavy atom. The number of hydrogen-bond donors (Lipinski definition) is 0. The molecule has 2 nitrogen and oxygen atoms in total. The fraction of sp³-hybridized carbons (Fsp3) is 0.333. The Morgan fingerprint density at radius 3 is 2.43 bits per heavy atom. The summed E-state index contributed by atoms with van der Waals surface area (Å²) >= 11 is 0. The summed E-state index contributed by atoms with van der Waals surface area (Å²) in [6, 6.07) is 18.1. The number of benzene rings is 2. The molecule has 0 fully saturated rings. The summed E-state index contributed by atoms with van der Waals surface area (Å²) in [6.45, 7) is 0.673. The van der Waals surface area contributed by atoms with Crippen LogP contribution in [-0.4, -0.2) is 32.1 Å². The lowest BCUT2D eigenvalue weighted by Crippen LogP contribution is -2.20. The van der Waals surface area contributed by atoms with Gasteiger partial charge in [0, 0.05) is 10.7 Å². The van der Waals surface area contributed by atoms with Crippen molar-refractivity contribution >= 4 is 12.4 Å². The maximum absolute atomic E-state index is 7.39. The molecular formula is C18H24ClNO. The van der Waals surface area contributed by atoms with Gasteiger partial charge in [0.15, 0.2) is 0 Å². The fourth-order valence-electron chi connectivity index (χ4n) is 2.18. The van der Waals surface area contributed by atoms with Crippen molar-refractivity contribution < 1.29 is 8.85 Å². The summed E-state index contributed by atoms with van der Waals surface area (Å²) in [5.41, 5.74) is 3.33. The number of aryl methyl sites for hydroxylation is 1. The molecule has 0 amide bonds. The van der Waals surface area contributed by atoms with E-state index < -0.39 is 6.98 Å². The fourth-order valence-corrected chi connectivity index (χ4v) is 2.18. The van der Waals surface area contributed by atoms with Crippen molar-refractivity contribution in [3.8, 4) is 0 Å². The average Bonchev–Trinajstić information content (AvgIpc) is 2.52. The van der Waals surface area contributed by atoms with E-state index in [0.717, 1.165) is 16.7 Å². The Bertz CT molecular complexity index is 619. The third kappa shape index (κ3) is 5.16. The highest BCUT2D eigenvalue weighted by atomic mass is 35.5. The highest BCUT2D eigenvalue weighted by Crippen LogP contribution is 2.28. The van der Waals surface area contributed by atoms with E-state index in [1.54, 1.807) is 7.05 Å². The van der Waals surface area contributed by atoms with E-state index in [1.807, 2.05) is 42.5 Å². The Balaban J connectivity index is 0.00000288. The predicted molar refractivity (Wildman–Crippen MR) is 91.2 cm³/mol. The number of likely N-dealkylation sites (N-methyl/N-ethyl adjacent to an activating group) is 1. The SMILES string of the molecule is Cl.[2H]C([2H])([2H])N(C)CCOC(c1ccccc1)c1ccccc1C. The summed E-state index contributed by atoms with van der Waals surface area (Å²) in [5, 5.41) is 0. The molecule has 0 N–H and O–H groups in total. The van der Waals surface area contributed by atoms with Crippen LogP contribution < -0.4 is 0 Å². The van der Waals surface area contributed by atoms with E-state index >= 15 is 0 Å². The van der Waals surface area contributed by atoms with Gasteiger partial charge in [-0.25, -0.2) is 0 Å². The summed E-state index contributed by atoms with van der Waals surface area (Å²) in [6.07, 6.45) is -0.192. The molecule has 0 saturated carbocycles. The minimum atomic E-state index is -2.09. The molecule has 0 bridgehead atoms. The number of halogens is 1. The zero-order valence-electron chi connectivity index (χ0n) is 15.5. The monoisotopic (exact) mass is 308 g/mol. The topological polar surface area (TPSA) is 12.5 Å². The highest BCUT2D eigenvalue weighted by Gasteiger charge is 2.16. The molecule has 2 aromatic rings. The second-order valence-electron chi connectivity index (χ2n) is 4.94. The van der Waals surface area contributed by atoms with E-state index in [9.17, 15) is 0 Å². The maximum atomic E-state index is 7.39. The van der Waals surface area contributed by atoms with Crippen molar-refractivity contribution in [2.75, 3.05) is 27.2 Å². The molecule has 0 aliphatic heterocycles. The van der Waals surface area contributed by atoms with Crippen molar-refractivity contribution in [3.05, 3.63) is 71.3 Å². The van der Waals surface area contributed by atoms with Gasteiger partial charge in [0.25, 0.3) is 0 Å². The quantitative estimate of drug-likeness (QED) is 0.797. The lowest BCUT2D eigenvalue weighted by molar-refractivity contribution is 0.0683. The van der Waals surface area contributed by atoms with Crippen LogP contribution in [0.25, 0.3) is 0 Å².